The van der Waals surface area contributed by atoms with Gasteiger partial charge in [-0.2, -0.15) is 0 Å². The minimum atomic E-state index is 0.722. The van der Waals surface area contributed by atoms with Crippen LogP contribution in [0, 0.1) is 0 Å². The molecule has 0 radical (unpaired) electrons. The lowest BCUT2D eigenvalue weighted by Gasteiger charge is -2.21. The second kappa shape index (κ2) is 12.5. The fourth-order valence-electron chi connectivity index (χ4n) is 7.90. The lowest BCUT2D eigenvalue weighted by atomic mass is 9.82. The van der Waals surface area contributed by atoms with E-state index in [9.17, 15) is 0 Å². The molecule has 242 valence electrons. The van der Waals surface area contributed by atoms with Crippen molar-refractivity contribution in [2.45, 2.75) is 0 Å². The Morgan fingerprint density at radius 2 is 0.712 bits per heavy atom. The van der Waals surface area contributed by atoms with Gasteiger partial charge in [-0.1, -0.05) is 170 Å². The van der Waals surface area contributed by atoms with Crippen LogP contribution in [0.3, 0.4) is 0 Å². The van der Waals surface area contributed by atoms with Crippen LogP contribution in [0.2, 0.25) is 0 Å². The topological polar surface area (TPSA) is 25.8 Å². The molecule has 1 aromatic heterocycles. The van der Waals surface area contributed by atoms with Crippen LogP contribution in [0.4, 0.5) is 0 Å². The molecule has 0 N–H and O–H groups in total. The molecule has 0 aliphatic carbocycles. The van der Waals surface area contributed by atoms with E-state index in [0.717, 1.165) is 22.5 Å². The minimum absolute atomic E-state index is 0.722. The van der Waals surface area contributed by atoms with Gasteiger partial charge in [-0.15, -0.1) is 0 Å². The molecule has 0 fully saturated rings. The highest BCUT2D eigenvalue weighted by Gasteiger charge is 2.21. The van der Waals surface area contributed by atoms with Crippen molar-refractivity contribution < 1.29 is 0 Å². The van der Waals surface area contributed by atoms with Gasteiger partial charge in [0.15, 0.2) is 5.82 Å². The maximum Gasteiger partial charge on any atom is 0.159 e. The molecule has 10 aromatic rings. The Kier molecular flexibility index (Phi) is 7.18. The Hall–Kier alpha value is -6.90. The van der Waals surface area contributed by atoms with E-state index in [1.807, 2.05) is 42.7 Å². The summed E-state index contributed by atoms with van der Waals surface area (Å²) in [7, 11) is 0. The third-order valence-electron chi connectivity index (χ3n) is 10.4. The second-order valence-corrected chi connectivity index (χ2v) is 13.4. The highest BCUT2D eigenvalue weighted by atomic mass is 14.9. The van der Waals surface area contributed by atoms with Crippen LogP contribution in [0.15, 0.2) is 194 Å². The van der Waals surface area contributed by atoms with Gasteiger partial charge in [0.1, 0.15) is 0 Å². The van der Waals surface area contributed by atoms with Crippen LogP contribution in [-0.2, 0) is 0 Å². The minimum Gasteiger partial charge on any atom is -0.236 e. The Bertz CT molecular complexity index is 2920. The molecule has 9 aromatic carbocycles. The van der Waals surface area contributed by atoms with Crippen LogP contribution in [-0.4, -0.2) is 9.97 Å². The number of nitrogens with zero attached hydrogens (tertiary/aromatic N) is 2. The molecule has 2 heteroatoms. The number of hydrogen-bond donors (Lipinski definition) is 0. The van der Waals surface area contributed by atoms with Crippen molar-refractivity contribution >= 4 is 43.1 Å². The zero-order valence-electron chi connectivity index (χ0n) is 28.4. The van der Waals surface area contributed by atoms with E-state index in [-0.39, 0.29) is 0 Å². The molecule has 0 aliphatic heterocycles. The molecular weight excluding hydrogens is 629 g/mol. The van der Waals surface area contributed by atoms with Crippen molar-refractivity contribution in [1.82, 2.24) is 9.97 Å². The summed E-state index contributed by atoms with van der Waals surface area (Å²) in [5.41, 5.74) is 10.4. The molecule has 52 heavy (non-hydrogen) atoms. The normalized spacial score (nSPS) is 11.5. The van der Waals surface area contributed by atoms with Crippen molar-refractivity contribution in [2.24, 2.45) is 0 Å². The summed E-state index contributed by atoms with van der Waals surface area (Å²) in [6, 6.07) is 65.6. The molecule has 0 saturated carbocycles. The first-order chi connectivity index (χ1) is 25.8. The average molecular weight is 661 g/mol. The zero-order chi connectivity index (χ0) is 34.4. The first-order valence-electron chi connectivity index (χ1n) is 17.7. The maximum atomic E-state index is 4.80. The molecule has 0 atom stereocenters. The molecule has 1 heterocycles. The summed E-state index contributed by atoms with van der Waals surface area (Å²) in [4.78, 5) is 9.61. The monoisotopic (exact) mass is 660 g/mol. The fraction of sp³-hybridized carbons (Fsp3) is 0. The van der Waals surface area contributed by atoms with Crippen LogP contribution in [0.1, 0.15) is 0 Å². The Morgan fingerprint density at radius 1 is 0.269 bits per heavy atom. The van der Waals surface area contributed by atoms with Crippen LogP contribution < -0.4 is 0 Å². The summed E-state index contributed by atoms with van der Waals surface area (Å²) >= 11 is 0. The molecule has 0 spiro atoms. The standard InChI is InChI=1S/C50H32N2/c1-3-13-33(14-4-1)37-25-27-44-46(29-37)48(42-23-11-19-34-15-7-9-21-40(34)42)45-28-26-38(39-31-51-50(52-32-39)36-17-5-2-6-18-36)30-47(45)49(44)43-24-12-20-35-16-8-10-22-41(35)43/h1-32H. The predicted molar refractivity (Wildman–Crippen MR) is 219 cm³/mol. The first kappa shape index (κ1) is 30.0. The van der Waals surface area contributed by atoms with E-state index < -0.39 is 0 Å². The first-order valence-corrected chi connectivity index (χ1v) is 17.7. The molecular formula is C50H32N2. The molecule has 0 unspecified atom stereocenters. The summed E-state index contributed by atoms with van der Waals surface area (Å²) in [5.74, 6) is 0.722. The van der Waals surface area contributed by atoms with Crippen molar-refractivity contribution in [1.29, 1.82) is 0 Å². The zero-order valence-corrected chi connectivity index (χ0v) is 28.4. The van der Waals surface area contributed by atoms with Gasteiger partial charge in [0, 0.05) is 23.5 Å². The van der Waals surface area contributed by atoms with E-state index in [2.05, 4.69) is 152 Å². The van der Waals surface area contributed by atoms with Gasteiger partial charge in [-0.05, 0) is 94.2 Å². The molecule has 0 aliphatic rings. The quantitative estimate of drug-likeness (QED) is 0.172. The fourth-order valence-corrected chi connectivity index (χ4v) is 7.90. The lowest BCUT2D eigenvalue weighted by molar-refractivity contribution is 1.18. The van der Waals surface area contributed by atoms with E-state index in [1.54, 1.807) is 0 Å². The Morgan fingerprint density at radius 3 is 1.25 bits per heavy atom. The smallest absolute Gasteiger partial charge is 0.159 e. The van der Waals surface area contributed by atoms with Gasteiger partial charge >= 0.3 is 0 Å². The number of benzene rings is 9. The van der Waals surface area contributed by atoms with E-state index in [0.29, 0.717) is 0 Å². The van der Waals surface area contributed by atoms with Crippen molar-refractivity contribution in [3.05, 3.63) is 194 Å². The van der Waals surface area contributed by atoms with Gasteiger partial charge in [-0.25, -0.2) is 9.97 Å². The van der Waals surface area contributed by atoms with Gasteiger partial charge in [0.2, 0.25) is 0 Å². The number of rotatable bonds is 5. The molecule has 10 rings (SSSR count). The van der Waals surface area contributed by atoms with E-state index in [1.165, 1.54) is 76.5 Å². The summed E-state index contributed by atoms with van der Waals surface area (Å²) in [6.45, 7) is 0. The highest BCUT2D eigenvalue weighted by Crippen LogP contribution is 2.48. The van der Waals surface area contributed by atoms with E-state index >= 15 is 0 Å². The second-order valence-electron chi connectivity index (χ2n) is 13.4. The third kappa shape index (κ3) is 5.04. The summed E-state index contributed by atoms with van der Waals surface area (Å²) in [6.07, 6.45) is 3.90. The van der Waals surface area contributed by atoms with Crippen molar-refractivity contribution in [3.8, 4) is 55.9 Å². The van der Waals surface area contributed by atoms with E-state index in [4.69, 9.17) is 9.97 Å². The van der Waals surface area contributed by atoms with Crippen LogP contribution in [0.5, 0.6) is 0 Å². The van der Waals surface area contributed by atoms with Gasteiger partial charge in [0.25, 0.3) is 0 Å². The lowest BCUT2D eigenvalue weighted by Crippen LogP contribution is -1.94. The molecule has 0 amide bonds. The summed E-state index contributed by atoms with van der Waals surface area (Å²) in [5, 5.41) is 9.79. The Balaban J connectivity index is 1.33. The number of aromatic nitrogens is 2. The third-order valence-corrected chi connectivity index (χ3v) is 10.4. The molecule has 0 saturated heterocycles. The van der Waals surface area contributed by atoms with Crippen molar-refractivity contribution in [2.75, 3.05) is 0 Å². The summed E-state index contributed by atoms with van der Waals surface area (Å²) < 4.78 is 0. The maximum absolute atomic E-state index is 4.80. The van der Waals surface area contributed by atoms with Gasteiger partial charge in [0.05, 0.1) is 0 Å². The van der Waals surface area contributed by atoms with Gasteiger partial charge < -0.3 is 0 Å². The Labute approximate surface area is 302 Å². The van der Waals surface area contributed by atoms with Crippen molar-refractivity contribution in [3.63, 3.8) is 0 Å². The predicted octanol–water partition coefficient (Wildman–Crippen LogP) is 13.4. The highest BCUT2D eigenvalue weighted by molar-refractivity contribution is 6.26. The number of fused-ring (bicyclic) bond motifs is 4. The molecule has 2 nitrogen and oxygen atoms in total. The average Bonchev–Trinajstić information content (AvgIpc) is 3.23. The van der Waals surface area contributed by atoms with Crippen LogP contribution in [0.25, 0.3) is 99.0 Å². The number of hydrogen-bond acceptors (Lipinski definition) is 2. The molecule has 0 bridgehead atoms. The largest absolute Gasteiger partial charge is 0.236 e. The SMILES string of the molecule is c1ccc(-c2ccc3c(-c4cccc5ccccc45)c4cc(-c5cnc(-c6ccccc6)nc5)ccc4c(-c4cccc5ccccc45)c3c2)cc1. The van der Waals surface area contributed by atoms with Crippen LogP contribution >= 0.6 is 0 Å². The van der Waals surface area contributed by atoms with Gasteiger partial charge in [-0.3, -0.25) is 0 Å².